The zero-order chi connectivity index (χ0) is 12.5. The molecule has 0 aliphatic heterocycles. The summed E-state index contributed by atoms with van der Waals surface area (Å²) in [6, 6.07) is 4.68. The Bertz CT molecular complexity index is 711. The third kappa shape index (κ3) is 1.78. The second-order valence-electron chi connectivity index (χ2n) is 3.53. The molecule has 5 nitrogen and oxygen atoms in total. The van der Waals surface area contributed by atoms with Crippen LogP contribution in [0.5, 0.6) is 0 Å². The van der Waals surface area contributed by atoms with Gasteiger partial charge in [-0.1, -0.05) is 17.8 Å². The molecule has 0 saturated heterocycles. The number of halogens is 1. The standard InChI is InChI=1S/C11H8FN5S/c12-6-2-1-3-7(8(6)13)18-11-9-10(15-4-14-9)16-5-17-11/h1-5H,13H2,(H,14,15,16,17). The first kappa shape index (κ1) is 11.0. The van der Waals surface area contributed by atoms with Crippen molar-refractivity contribution in [2.75, 3.05) is 5.73 Å². The third-order valence-corrected chi connectivity index (χ3v) is 3.49. The predicted octanol–water partition coefficient (Wildman–Crippen LogP) is 2.23. The summed E-state index contributed by atoms with van der Waals surface area (Å²) < 4.78 is 13.3. The molecule has 7 heteroatoms. The van der Waals surface area contributed by atoms with Crippen LogP contribution in [0.15, 0.2) is 40.8 Å². The lowest BCUT2D eigenvalue weighted by atomic mass is 10.3. The van der Waals surface area contributed by atoms with E-state index in [1.54, 1.807) is 18.5 Å². The Balaban J connectivity index is 2.06. The molecule has 0 radical (unpaired) electrons. The molecule has 0 aliphatic rings. The molecule has 0 saturated carbocycles. The van der Waals surface area contributed by atoms with E-state index in [1.807, 2.05) is 0 Å². The van der Waals surface area contributed by atoms with Crippen LogP contribution in [0.4, 0.5) is 10.1 Å². The second-order valence-corrected chi connectivity index (χ2v) is 4.56. The molecule has 18 heavy (non-hydrogen) atoms. The van der Waals surface area contributed by atoms with E-state index in [9.17, 15) is 4.39 Å². The fourth-order valence-corrected chi connectivity index (χ4v) is 2.45. The monoisotopic (exact) mass is 261 g/mol. The summed E-state index contributed by atoms with van der Waals surface area (Å²) in [5.74, 6) is -0.435. The molecule has 0 atom stereocenters. The van der Waals surface area contributed by atoms with Crippen molar-refractivity contribution in [3.8, 4) is 0 Å². The van der Waals surface area contributed by atoms with Gasteiger partial charge in [-0.05, 0) is 12.1 Å². The molecule has 0 bridgehead atoms. The van der Waals surface area contributed by atoms with Crippen LogP contribution >= 0.6 is 11.8 Å². The summed E-state index contributed by atoms with van der Waals surface area (Å²) in [4.78, 5) is 15.8. The molecular formula is C11H8FN5S. The number of fused-ring (bicyclic) bond motifs is 1. The van der Waals surface area contributed by atoms with Crippen molar-refractivity contribution in [2.45, 2.75) is 9.92 Å². The number of para-hydroxylation sites is 1. The van der Waals surface area contributed by atoms with E-state index in [1.165, 1.54) is 24.2 Å². The van der Waals surface area contributed by atoms with Crippen molar-refractivity contribution in [1.82, 2.24) is 19.9 Å². The minimum absolute atomic E-state index is 0.119. The number of hydrogen-bond acceptors (Lipinski definition) is 5. The zero-order valence-corrected chi connectivity index (χ0v) is 9.91. The van der Waals surface area contributed by atoms with Crippen LogP contribution in [0.3, 0.4) is 0 Å². The van der Waals surface area contributed by atoms with E-state index in [-0.39, 0.29) is 5.69 Å². The number of aromatic nitrogens is 4. The van der Waals surface area contributed by atoms with Crippen LogP contribution in [0.25, 0.3) is 11.2 Å². The molecule has 0 aliphatic carbocycles. The smallest absolute Gasteiger partial charge is 0.181 e. The van der Waals surface area contributed by atoms with Gasteiger partial charge in [0.15, 0.2) is 5.65 Å². The van der Waals surface area contributed by atoms with Gasteiger partial charge in [-0.3, -0.25) is 0 Å². The van der Waals surface area contributed by atoms with Gasteiger partial charge in [0.05, 0.1) is 12.0 Å². The molecule has 0 unspecified atom stereocenters. The third-order valence-electron chi connectivity index (χ3n) is 2.41. The molecule has 90 valence electrons. The molecule has 2 aromatic heterocycles. The van der Waals surface area contributed by atoms with Gasteiger partial charge in [-0.2, -0.15) is 0 Å². The van der Waals surface area contributed by atoms with Crippen molar-refractivity contribution in [3.05, 3.63) is 36.7 Å². The number of imidazole rings is 1. The van der Waals surface area contributed by atoms with Crippen LogP contribution in [-0.2, 0) is 0 Å². The Labute approximate surface area is 106 Å². The van der Waals surface area contributed by atoms with Gasteiger partial charge in [0, 0.05) is 4.90 Å². The summed E-state index contributed by atoms with van der Waals surface area (Å²) in [5, 5.41) is 0.662. The number of hydrogen-bond donors (Lipinski definition) is 2. The molecular weight excluding hydrogens is 253 g/mol. The topological polar surface area (TPSA) is 80.5 Å². The number of aromatic amines is 1. The minimum Gasteiger partial charge on any atom is -0.395 e. The zero-order valence-electron chi connectivity index (χ0n) is 9.09. The summed E-state index contributed by atoms with van der Waals surface area (Å²) >= 11 is 1.28. The Morgan fingerprint density at radius 1 is 1.22 bits per heavy atom. The normalized spacial score (nSPS) is 10.9. The Hall–Kier alpha value is -2.15. The quantitative estimate of drug-likeness (QED) is 0.546. The number of nitrogens with two attached hydrogens (primary N) is 1. The largest absolute Gasteiger partial charge is 0.395 e. The maximum atomic E-state index is 13.3. The van der Waals surface area contributed by atoms with E-state index >= 15 is 0 Å². The van der Waals surface area contributed by atoms with Crippen molar-refractivity contribution in [3.63, 3.8) is 0 Å². The Morgan fingerprint density at radius 3 is 3.00 bits per heavy atom. The lowest BCUT2D eigenvalue weighted by molar-refractivity contribution is 0.629. The van der Waals surface area contributed by atoms with Crippen molar-refractivity contribution < 1.29 is 4.39 Å². The fraction of sp³-hybridized carbons (Fsp3) is 0. The molecule has 3 aromatic rings. The first-order valence-corrected chi connectivity index (χ1v) is 5.93. The first-order chi connectivity index (χ1) is 8.75. The maximum Gasteiger partial charge on any atom is 0.181 e. The van der Waals surface area contributed by atoms with Crippen molar-refractivity contribution >= 4 is 28.6 Å². The van der Waals surface area contributed by atoms with Gasteiger partial charge < -0.3 is 10.7 Å². The fourth-order valence-electron chi connectivity index (χ4n) is 1.53. The number of benzene rings is 1. The number of anilines is 1. The van der Waals surface area contributed by atoms with Gasteiger partial charge in [0.2, 0.25) is 0 Å². The highest BCUT2D eigenvalue weighted by Gasteiger charge is 2.11. The molecule has 2 heterocycles. The van der Waals surface area contributed by atoms with E-state index in [4.69, 9.17) is 5.73 Å². The number of nitrogens with one attached hydrogen (secondary N) is 1. The number of H-pyrrole nitrogens is 1. The summed E-state index contributed by atoms with van der Waals surface area (Å²) in [6.45, 7) is 0. The molecule has 3 N–H and O–H groups in total. The van der Waals surface area contributed by atoms with Crippen molar-refractivity contribution in [1.29, 1.82) is 0 Å². The summed E-state index contributed by atoms with van der Waals surface area (Å²) in [7, 11) is 0. The summed E-state index contributed by atoms with van der Waals surface area (Å²) in [6.07, 6.45) is 2.96. The maximum absolute atomic E-state index is 13.3. The van der Waals surface area contributed by atoms with Gasteiger partial charge >= 0.3 is 0 Å². The van der Waals surface area contributed by atoms with Crippen LogP contribution in [0, 0.1) is 5.82 Å². The van der Waals surface area contributed by atoms with E-state index in [0.29, 0.717) is 21.1 Å². The SMILES string of the molecule is Nc1c(F)cccc1Sc1ncnc2nc[nH]c12. The Morgan fingerprint density at radius 2 is 2.11 bits per heavy atom. The number of rotatable bonds is 2. The van der Waals surface area contributed by atoms with Crippen LogP contribution in [-0.4, -0.2) is 19.9 Å². The van der Waals surface area contributed by atoms with Gasteiger partial charge in [-0.15, -0.1) is 0 Å². The average Bonchev–Trinajstić information content (AvgIpc) is 2.84. The molecule has 0 spiro atoms. The van der Waals surface area contributed by atoms with Crippen LogP contribution < -0.4 is 5.73 Å². The van der Waals surface area contributed by atoms with E-state index in [2.05, 4.69) is 19.9 Å². The highest BCUT2D eigenvalue weighted by atomic mass is 32.2. The van der Waals surface area contributed by atoms with Gasteiger partial charge in [0.1, 0.15) is 22.7 Å². The van der Waals surface area contributed by atoms with Crippen LogP contribution in [0.1, 0.15) is 0 Å². The molecule has 1 aromatic carbocycles. The number of nitrogens with zero attached hydrogens (tertiary/aromatic N) is 3. The van der Waals surface area contributed by atoms with Gasteiger partial charge in [0.25, 0.3) is 0 Å². The Kier molecular flexibility index (Phi) is 2.60. The highest BCUT2D eigenvalue weighted by molar-refractivity contribution is 7.99. The second kappa shape index (κ2) is 4.26. The highest BCUT2D eigenvalue weighted by Crippen LogP contribution is 2.34. The van der Waals surface area contributed by atoms with Gasteiger partial charge in [-0.25, -0.2) is 19.3 Å². The first-order valence-electron chi connectivity index (χ1n) is 5.11. The van der Waals surface area contributed by atoms with Crippen molar-refractivity contribution in [2.24, 2.45) is 0 Å². The van der Waals surface area contributed by atoms with E-state index < -0.39 is 5.82 Å². The van der Waals surface area contributed by atoms with E-state index in [0.717, 1.165) is 0 Å². The van der Waals surface area contributed by atoms with Crippen LogP contribution in [0.2, 0.25) is 0 Å². The summed E-state index contributed by atoms with van der Waals surface area (Å²) in [5.41, 5.74) is 7.09. The predicted molar refractivity (Wildman–Crippen MR) is 66.6 cm³/mol. The lowest BCUT2D eigenvalue weighted by Crippen LogP contribution is -1.93. The lowest BCUT2D eigenvalue weighted by Gasteiger charge is -2.05. The minimum atomic E-state index is -0.435. The molecule has 3 rings (SSSR count). The molecule has 0 fully saturated rings. The average molecular weight is 261 g/mol. The number of nitrogen functional groups attached to an aromatic ring is 1. The molecule has 0 amide bonds.